The molecule has 0 saturated carbocycles. The molecular weight excluding hydrogens is 391 g/mol. The van der Waals surface area contributed by atoms with Crippen LogP contribution in [0.15, 0.2) is 51.7 Å². The van der Waals surface area contributed by atoms with E-state index >= 15 is 0 Å². The highest BCUT2D eigenvalue weighted by Gasteiger charge is 2.18. The normalized spacial score (nSPS) is 10.8. The number of aromatic nitrogens is 2. The summed E-state index contributed by atoms with van der Waals surface area (Å²) in [5.74, 6) is -1.03. The highest BCUT2D eigenvalue weighted by Crippen LogP contribution is 2.20. The Morgan fingerprint density at radius 3 is 2.64 bits per heavy atom. The molecule has 1 heterocycles. The van der Waals surface area contributed by atoms with Crippen LogP contribution < -0.4 is 5.56 Å². The van der Waals surface area contributed by atoms with E-state index in [4.69, 9.17) is 4.74 Å². The molecular formula is C18H14BrFN2O3. The van der Waals surface area contributed by atoms with Gasteiger partial charge in [-0.05, 0) is 25.1 Å². The minimum absolute atomic E-state index is 0.0407. The van der Waals surface area contributed by atoms with E-state index in [1.165, 1.54) is 22.9 Å². The maximum absolute atomic E-state index is 13.1. The van der Waals surface area contributed by atoms with Gasteiger partial charge >= 0.3 is 5.97 Å². The number of carbonyl (C=O) groups excluding carboxylic acids is 1. The third-order valence-electron chi connectivity index (χ3n) is 3.73. The number of ether oxygens (including phenoxy) is 1. The number of aryl methyl sites for hydroxylation is 1. The Morgan fingerprint density at radius 2 is 1.96 bits per heavy atom. The molecule has 0 N–H and O–H groups in total. The molecule has 5 nitrogen and oxygen atoms in total. The van der Waals surface area contributed by atoms with Crippen LogP contribution >= 0.6 is 15.9 Å². The van der Waals surface area contributed by atoms with Crippen molar-refractivity contribution in [3.05, 3.63) is 74.4 Å². The molecule has 0 fully saturated rings. The molecule has 0 unspecified atom stereocenters. The van der Waals surface area contributed by atoms with E-state index in [2.05, 4.69) is 21.0 Å². The Morgan fingerprint density at radius 1 is 1.24 bits per heavy atom. The summed E-state index contributed by atoms with van der Waals surface area (Å²) in [4.78, 5) is 24.8. The van der Waals surface area contributed by atoms with Gasteiger partial charge in [0.2, 0.25) is 0 Å². The van der Waals surface area contributed by atoms with Crippen LogP contribution in [0.25, 0.3) is 10.8 Å². The van der Waals surface area contributed by atoms with Crippen LogP contribution in [0.2, 0.25) is 0 Å². The van der Waals surface area contributed by atoms with Crippen molar-refractivity contribution >= 4 is 32.7 Å². The molecule has 25 heavy (non-hydrogen) atoms. The van der Waals surface area contributed by atoms with Gasteiger partial charge in [-0.2, -0.15) is 5.10 Å². The van der Waals surface area contributed by atoms with Crippen molar-refractivity contribution in [2.45, 2.75) is 20.1 Å². The molecule has 0 aliphatic heterocycles. The van der Waals surface area contributed by atoms with Gasteiger partial charge < -0.3 is 4.74 Å². The Labute approximate surface area is 151 Å². The number of nitrogens with zero attached hydrogens (tertiary/aromatic N) is 2. The fraction of sp³-hybridized carbons (Fsp3) is 0.167. The third-order valence-corrected chi connectivity index (χ3v) is 4.47. The Hall–Kier alpha value is -2.54. The predicted molar refractivity (Wildman–Crippen MR) is 94.9 cm³/mol. The smallest absolute Gasteiger partial charge is 0.359 e. The van der Waals surface area contributed by atoms with Crippen LogP contribution in [-0.2, 0) is 17.9 Å². The van der Waals surface area contributed by atoms with Gasteiger partial charge in [0.05, 0.1) is 5.39 Å². The van der Waals surface area contributed by atoms with Gasteiger partial charge in [0, 0.05) is 22.0 Å². The minimum atomic E-state index is -0.644. The summed E-state index contributed by atoms with van der Waals surface area (Å²) in [5, 5.41) is 4.98. The fourth-order valence-electron chi connectivity index (χ4n) is 2.45. The molecule has 0 aliphatic carbocycles. The number of hydrogen-bond acceptors (Lipinski definition) is 4. The highest BCUT2D eigenvalue weighted by molar-refractivity contribution is 9.10. The SMILES string of the molecule is CCn1nc(C(=O)OCc2ccc(F)cc2Br)c2ccccc2c1=O. The van der Waals surface area contributed by atoms with Gasteiger partial charge in [0.1, 0.15) is 12.4 Å². The molecule has 0 saturated heterocycles. The topological polar surface area (TPSA) is 61.2 Å². The quantitative estimate of drug-likeness (QED) is 0.622. The second-order valence-electron chi connectivity index (χ2n) is 5.33. The average Bonchev–Trinajstić information content (AvgIpc) is 2.61. The largest absolute Gasteiger partial charge is 0.456 e. The van der Waals surface area contributed by atoms with Crippen LogP contribution in [0.3, 0.4) is 0 Å². The van der Waals surface area contributed by atoms with Crippen molar-refractivity contribution in [2.24, 2.45) is 0 Å². The maximum Gasteiger partial charge on any atom is 0.359 e. The van der Waals surface area contributed by atoms with Gasteiger partial charge in [-0.15, -0.1) is 0 Å². The molecule has 128 valence electrons. The van der Waals surface area contributed by atoms with Gasteiger partial charge in [-0.3, -0.25) is 4.79 Å². The molecule has 0 aliphatic rings. The number of esters is 1. The van der Waals surface area contributed by atoms with E-state index in [-0.39, 0.29) is 23.7 Å². The summed E-state index contributed by atoms with van der Waals surface area (Å²) >= 11 is 3.23. The fourth-order valence-corrected chi connectivity index (χ4v) is 2.92. The molecule has 3 aromatic rings. The van der Waals surface area contributed by atoms with Crippen LogP contribution in [-0.4, -0.2) is 15.7 Å². The molecule has 0 spiro atoms. The van der Waals surface area contributed by atoms with Gasteiger partial charge in [0.25, 0.3) is 5.56 Å². The first-order valence-corrected chi connectivity index (χ1v) is 8.41. The zero-order chi connectivity index (χ0) is 18.0. The summed E-state index contributed by atoms with van der Waals surface area (Å²) < 4.78 is 20.2. The zero-order valence-electron chi connectivity index (χ0n) is 13.3. The van der Waals surface area contributed by atoms with Crippen LogP contribution in [0.4, 0.5) is 4.39 Å². The van der Waals surface area contributed by atoms with E-state index in [1.807, 2.05) is 0 Å². The lowest BCUT2D eigenvalue weighted by atomic mass is 10.1. The van der Waals surface area contributed by atoms with Crippen molar-refractivity contribution in [3.8, 4) is 0 Å². The monoisotopic (exact) mass is 404 g/mol. The summed E-state index contributed by atoms with van der Waals surface area (Å²) in [7, 11) is 0. The van der Waals surface area contributed by atoms with Crippen molar-refractivity contribution in [2.75, 3.05) is 0 Å². The predicted octanol–water partition coefficient (Wildman–Crippen LogP) is 3.68. The van der Waals surface area contributed by atoms with Gasteiger partial charge in [-0.1, -0.05) is 40.2 Å². The molecule has 2 aromatic carbocycles. The standard InChI is InChI=1S/C18H14BrFN2O3/c1-2-22-17(23)14-6-4-3-5-13(14)16(21-22)18(24)25-10-11-7-8-12(20)9-15(11)19/h3-9H,2,10H2,1H3. The third kappa shape index (κ3) is 3.46. The van der Waals surface area contributed by atoms with Gasteiger partial charge in [0.15, 0.2) is 5.69 Å². The second kappa shape index (κ2) is 7.14. The van der Waals surface area contributed by atoms with Crippen molar-refractivity contribution < 1.29 is 13.9 Å². The first-order chi connectivity index (χ1) is 12.0. The number of benzene rings is 2. The number of hydrogen-bond donors (Lipinski definition) is 0. The summed E-state index contributed by atoms with van der Waals surface area (Å²) in [6.45, 7) is 2.07. The maximum atomic E-state index is 13.1. The van der Waals surface area contributed by atoms with E-state index < -0.39 is 5.97 Å². The van der Waals surface area contributed by atoms with E-state index in [0.29, 0.717) is 27.4 Å². The summed E-state index contributed by atoms with van der Waals surface area (Å²) in [5.41, 5.74) is 0.453. The molecule has 0 amide bonds. The average molecular weight is 405 g/mol. The highest BCUT2D eigenvalue weighted by atomic mass is 79.9. The molecule has 0 atom stereocenters. The van der Waals surface area contributed by atoms with Crippen LogP contribution in [0.1, 0.15) is 23.0 Å². The second-order valence-corrected chi connectivity index (χ2v) is 6.18. The summed E-state index contributed by atoms with van der Waals surface area (Å²) in [6, 6.07) is 10.9. The Balaban J connectivity index is 1.94. The minimum Gasteiger partial charge on any atom is -0.456 e. The number of rotatable bonds is 4. The first kappa shape index (κ1) is 17.3. The Kier molecular flexibility index (Phi) is 4.94. The number of carbonyl (C=O) groups is 1. The lowest BCUT2D eigenvalue weighted by Crippen LogP contribution is -2.25. The molecule has 3 rings (SSSR count). The number of halogens is 2. The van der Waals surface area contributed by atoms with E-state index in [9.17, 15) is 14.0 Å². The van der Waals surface area contributed by atoms with Crippen LogP contribution in [0.5, 0.6) is 0 Å². The first-order valence-electron chi connectivity index (χ1n) is 7.62. The zero-order valence-corrected chi connectivity index (χ0v) is 14.9. The van der Waals surface area contributed by atoms with Gasteiger partial charge in [-0.25, -0.2) is 13.9 Å². The molecule has 7 heteroatoms. The number of fused-ring (bicyclic) bond motifs is 1. The van der Waals surface area contributed by atoms with E-state index in [1.54, 1.807) is 31.2 Å². The molecule has 0 bridgehead atoms. The van der Waals surface area contributed by atoms with Crippen molar-refractivity contribution in [1.82, 2.24) is 9.78 Å². The lowest BCUT2D eigenvalue weighted by Gasteiger charge is -2.10. The van der Waals surface area contributed by atoms with E-state index in [0.717, 1.165) is 0 Å². The van der Waals surface area contributed by atoms with Crippen molar-refractivity contribution in [1.29, 1.82) is 0 Å². The van der Waals surface area contributed by atoms with Crippen molar-refractivity contribution in [3.63, 3.8) is 0 Å². The van der Waals surface area contributed by atoms with Crippen LogP contribution in [0, 0.1) is 5.82 Å². The lowest BCUT2D eigenvalue weighted by molar-refractivity contribution is 0.0464. The summed E-state index contributed by atoms with van der Waals surface area (Å²) in [6.07, 6.45) is 0. The molecule has 0 radical (unpaired) electrons. The Bertz CT molecular complexity index is 1020. The molecule has 1 aromatic heterocycles.